The molecule has 0 atom stereocenters. The van der Waals surface area contributed by atoms with E-state index in [4.69, 9.17) is 5.11 Å². The van der Waals surface area contributed by atoms with Crippen molar-refractivity contribution in [2.75, 3.05) is 18.0 Å². The van der Waals surface area contributed by atoms with Gasteiger partial charge in [0.15, 0.2) is 0 Å². The van der Waals surface area contributed by atoms with E-state index in [1.165, 1.54) is 0 Å². The third kappa shape index (κ3) is 3.12. The third-order valence-electron chi connectivity index (χ3n) is 2.30. The summed E-state index contributed by atoms with van der Waals surface area (Å²) in [7, 11) is 0. The summed E-state index contributed by atoms with van der Waals surface area (Å²) in [5.41, 5.74) is 2.30. The molecule has 0 saturated carbocycles. The SMILES string of the molecule is C=C(C)CN(CC)c1cccc(C(=O)O)c1. The Morgan fingerprint density at radius 3 is 2.69 bits per heavy atom. The Bertz CT molecular complexity index is 399. The lowest BCUT2D eigenvalue weighted by molar-refractivity contribution is 0.0697. The second-order valence-corrected chi connectivity index (χ2v) is 3.83. The predicted octanol–water partition coefficient (Wildman–Crippen LogP) is 2.79. The van der Waals surface area contributed by atoms with Gasteiger partial charge in [-0.25, -0.2) is 4.79 Å². The molecule has 0 fully saturated rings. The highest BCUT2D eigenvalue weighted by atomic mass is 16.4. The molecular formula is C13H17NO2. The molecule has 1 aromatic rings. The number of nitrogens with zero attached hydrogens (tertiary/aromatic N) is 1. The van der Waals surface area contributed by atoms with Crippen molar-refractivity contribution in [2.45, 2.75) is 13.8 Å². The van der Waals surface area contributed by atoms with Crippen LogP contribution in [0.15, 0.2) is 36.4 Å². The number of carboxylic acids is 1. The van der Waals surface area contributed by atoms with Gasteiger partial charge >= 0.3 is 5.97 Å². The fraction of sp³-hybridized carbons (Fsp3) is 0.308. The Morgan fingerprint density at radius 1 is 1.50 bits per heavy atom. The number of anilines is 1. The topological polar surface area (TPSA) is 40.5 Å². The summed E-state index contributed by atoms with van der Waals surface area (Å²) in [4.78, 5) is 12.9. The van der Waals surface area contributed by atoms with Crippen molar-refractivity contribution < 1.29 is 9.90 Å². The molecule has 0 aromatic heterocycles. The zero-order valence-corrected chi connectivity index (χ0v) is 9.73. The van der Waals surface area contributed by atoms with Crippen molar-refractivity contribution in [2.24, 2.45) is 0 Å². The summed E-state index contributed by atoms with van der Waals surface area (Å²) in [5, 5.41) is 8.91. The standard InChI is InChI=1S/C13H17NO2/c1-4-14(9-10(2)3)12-7-5-6-11(8-12)13(15)16/h5-8H,2,4,9H2,1,3H3,(H,15,16). The Morgan fingerprint density at radius 2 is 2.19 bits per heavy atom. The van der Waals surface area contributed by atoms with Gasteiger partial charge in [0.1, 0.15) is 0 Å². The van der Waals surface area contributed by atoms with Crippen LogP contribution in [0, 0.1) is 0 Å². The summed E-state index contributed by atoms with van der Waals surface area (Å²) < 4.78 is 0. The molecule has 0 spiro atoms. The minimum absolute atomic E-state index is 0.317. The van der Waals surface area contributed by atoms with E-state index in [9.17, 15) is 4.79 Å². The van der Waals surface area contributed by atoms with E-state index in [1.54, 1.807) is 18.2 Å². The molecule has 0 aliphatic heterocycles. The highest BCUT2D eigenvalue weighted by Gasteiger charge is 2.07. The van der Waals surface area contributed by atoms with Crippen LogP contribution in [0.5, 0.6) is 0 Å². The molecule has 0 unspecified atom stereocenters. The van der Waals surface area contributed by atoms with E-state index in [0.29, 0.717) is 5.56 Å². The first-order valence-corrected chi connectivity index (χ1v) is 5.27. The van der Waals surface area contributed by atoms with E-state index in [0.717, 1.165) is 24.4 Å². The van der Waals surface area contributed by atoms with E-state index in [1.807, 2.05) is 19.9 Å². The van der Waals surface area contributed by atoms with Gasteiger partial charge in [-0.15, -0.1) is 0 Å². The number of aromatic carboxylic acids is 1. The summed E-state index contributed by atoms with van der Waals surface area (Å²) in [6.45, 7) is 9.45. The summed E-state index contributed by atoms with van der Waals surface area (Å²) >= 11 is 0. The molecule has 3 heteroatoms. The number of hydrogen-bond acceptors (Lipinski definition) is 2. The van der Waals surface area contributed by atoms with Crippen LogP contribution in [0.25, 0.3) is 0 Å². The van der Waals surface area contributed by atoms with Crippen molar-refractivity contribution >= 4 is 11.7 Å². The number of carbonyl (C=O) groups is 1. The first-order chi connectivity index (χ1) is 7.54. The van der Waals surface area contributed by atoms with E-state index in [-0.39, 0.29) is 0 Å². The van der Waals surface area contributed by atoms with Crippen molar-refractivity contribution in [1.82, 2.24) is 0 Å². The van der Waals surface area contributed by atoms with Gasteiger partial charge in [-0.2, -0.15) is 0 Å². The van der Waals surface area contributed by atoms with Crippen LogP contribution >= 0.6 is 0 Å². The minimum Gasteiger partial charge on any atom is -0.478 e. The van der Waals surface area contributed by atoms with Gasteiger partial charge in [0.2, 0.25) is 0 Å². The van der Waals surface area contributed by atoms with Gasteiger partial charge in [-0.3, -0.25) is 0 Å². The molecule has 3 nitrogen and oxygen atoms in total. The number of likely N-dealkylation sites (N-methyl/N-ethyl adjacent to an activating group) is 1. The van der Waals surface area contributed by atoms with Gasteiger partial charge in [-0.05, 0) is 32.0 Å². The highest BCUT2D eigenvalue weighted by Crippen LogP contribution is 2.17. The number of rotatable bonds is 5. The predicted molar refractivity (Wildman–Crippen MR) is 66.1 cm³/mol. The molecule has 16 heavy (non-hydrogen) atoms. The molecule has 0 aliphatic carbocycles. The van der Waals surface area contributed by atoms with E-state index < -0.39 is 5.97 Å². The van der Waals surface area contributed by atoms with E-state index in [2.05, 4.69) is 11.5 Å². The Labute approximate surface area is 96.0 Å². The Balaban J connectivity index is 2.96. The lowest BCUT2D eigenvalue weighted by Gasteiger charge is -2.23. The van der Waals surface area contributed by atoms with Gasteiger partial charge in [-0.1, -0.05) is 18.2 Å². The first-order valence-electron chi connectivity index (χ1n) is 5.27. The molecule has 0 aliphatic rings. The molecule has 86 valence electrons. The Kier molecular flexibility index (Phi) is 4.11. The second-order valence-electron chi connectivity index (χ2n) is 3.83. The van der Waals surface area contributed by atoms with Crippen LogP contribution in [0.1, 0.15) is 24.2 Å². The van der Waals surface area contributed by atoms with Crippen molar-refractivity contribution in [3.8, 4) is 0 Å². The summed E-state index contributed by atoms with van der Waals surface area (Å²) in [6.07, 6.45) is 0. The maximum absolute atomic E-state index is 10.9. The molecule has 0 heterocycles. The van der Waals surface area contributed by atoms with Crippen LogP contribution in [-0.4, -0.2) is 24.2 Å². The molecular weight excluding hydrogens is 202 g/mol. The van der Waals surface area contributed by atoms with Gasteiger partial charge < -0.3 is 10.0 Å². The molecule has 1 rings (SSSR count). The lowest BCUT2D eigenvalue weighted by Crippen LogP contribution is -2.24. The van der Waals surface area contributed by atoms with Crippen molar-refractivity contribution in [3.05, 3.63) is 42.0 Å². The second kappa shape index (κ2) is 5.35. The number of carboxylic acid groups (broad SMARTS) is 1. The van der Waals surface area contributed by atoms with Crippen molar-refractivity contribution in [1.29, 1.82) is 0 Å². The molecule has 0 bridgehead atoms. The fourth-order valence-electron chi connectivity index (χ4n) is 1.55. The summed E-state index contributed by atoms with van der Waals surface area (Å²) in [6, 6.07) is 6.97. The zero-order chi connectivity index (χ0) is 12.1. The lowest BCUT2D eigenvalue weighted by atomic mass is 10.2. The largest absolute Gasteiger partial charge is 0.478 e. The fourth-order valence-corrected chi connectivity index (χ4v) is 1.55. The maximum atomic E-state index is 10.9. The van der Waals surface area contributed by atoms with Crippen LogP contribution in [0.3, 0.4) is 0 Å². The minimum atomic E-state index is -0.895. The van der Waals surface area contributed by atoms with Crippen LogP contribution in [-0.2, 0) is 0 Å². The number of benzene rings is 1. The summed E-state index contributed by atoms with van der Waals surface area (Å²) in [5.74, 6) is -0.895. The average Bonchev–Trinajstić information content (AvgIpc) is 2.25. The zero-order valence-electron chi connectivity index (χ0n) is 9.73. The molecule has 0 amide bonds. The van der Waals surface area contributed by atoms with Gasteiger partial charge in [0.05, 0.1) is 5.56 Å². The van der Waals surface area contributed by atoms with Crippen LogP contribution in [0.2, 0.25) is 0 Å². The van der Waals surface area contributed by atoms with Crippen LogP contribution < -0.4 is 4.90 Å². The molecule has 0 saturated heterocycles. The Hall–Kier alpha value is -1.77. The maximum Gasteiger partial charge on any atom is 0.335 e. The number of hydrogen-bond donors (Lipinski definition) is 1. The van der Waals surface area contributed by atoms with Gasteiger partial charge in [0, 0.05) is 18.8 Å². The normalized spacial score (nSPS) is 9.88. The molecule has 0 radical (unpaired) electrons. The first kappa shape index (κ1) is 12.3. The van der Waals surface area contributed by atoms with Crippen molar-refractivity contribution in [3.63, 3.8) is 0 Å². The highest BCUT2D eigenvalue weighted by molar-refractivity contribution is 5.88. The van der Waals surface area contributed by atoms with Gasteiger partial charge in [0.25, 0.3) is 0 Å². The molecule has 1 aromatic carbocycles. The van der Waals surface area contributed by atoms with E-state index >= 15 is 0 Å². The smallest absolute Gasteiger partial charge is 0.335 e. The monoisotopic (exact) mass is 219 g/mol. The average molecular weight is 219 g/mol. The third-order valence-corrected chi connectivity index (χ3v) is 2.30. The van der Waals surface area contributed by atoms with Crippen LogP contribution in [0.4, 0.5) is 5.69 Å². The quantitative estimate of drug-likeness (QED) is 0.774. The molecule has 1 N–H and O–H groups in total.